The Morgan fingerprint density at radius 1 is 1.44 bits per heavy atom. The van der Waals surface area contributed by atoms with E-state index in [-0.39, 0.29) is 5.92 Å². The molecule has 0 bridgehead atoms. The Labute approximate surface area is 106 Å². The molecule has 0 aromatic heterocycles. The summed E-state index contributed by atoms with van der Waals surface area (Å²) in [4.78, 5) is 35.8. The second-order valence-corrected chi connectivity index (χ2v) is 5.37. The minimum absolute atomic E-state index is 0.170. The average molecular weight is 257 g/mol. The maximum absolute atomic E-state index is 11.9. The smallest absolute Gasteiger partial charge is 0.427 e. The number of imide groups is 1. The fourth-order valence-corrected chi connectivity index (χ4v) is 1.62. The molecule has 6 heteroatoms. The number of rotatable bonds is 2. The summed E-state index contributed by atoms with van der Waals surface area (Å²) in [5.74, 6) is -0.864. The van der Waals surface area contributed by atoms with Crippen LogP contribution in [-0.4, -0.2) is 34.7 Å². The van der Waals surface area contributed by atoms with Crippen LogP contribution in [0.1, 0.15) is 41.0 Å². The van der Waals surface area contributed by atoms with Crippen LogP contribution in [0, 0.1) is 5.92 Å². The van der Waals surface area contributed by atoms with Crippen molar-refractivity contribution in [2.24, 2.45) is 5.92 Å². The monoisotopic (exact) mass is 257 g/mol. The van der Waals surface area contributed by atoms with Crippen molar-refractivity contribution in [3.63, 3.8) is 0 Å². The van der Waals surface area contributed by atoms with Crippen molar-refractivity contribution in [1.82, 2.24) is 4.90 Å². The first-order chi connectivity index (χ1) is 8.17. The number of nitrogens with zero attached hydrogens (tertiary/aromatic N) is 1. The lowest BCUT2D eigenvalue weighted by Gasteiger charge is -2.26. The van der Waals surface area contributed by atoms with Gasteiger partial charge in [0.05, 0.1) is 0 Å². The minimum atomic E-state index is -0.959. The van der Waals surface area contributed by atoms with Crippen LogP contribution in [0.25, 0.3) is 0 Å². The molecule has 1 saturated heterocycles. The topological polar surface area (TPSA) is 72.9 Å². The summed E-state index contributed by atoms with van der Waals surface area (Å²) in [7, 11) is 0. The van der Waals surface area contributed by atoms with E-state index >= 15 is 0 Å². The molecule has 0 aromatic rings. The zero-order valence-corrected chi connectivity index (χ0v) is 11.4. The van der Waals surface area contributed by atoms with E-state index in [9.17, 15) is 14.4 Å². The largest absolute Gasteiger partial charge is 0.443 e. The standard InChI is InChI=1S/C12H19NO5/c1-6-7(2)8-9(14)17-10(15)13(8)11(16)18-12(3,4)5/h7-8H,6H2,1-5H3/t7-,8+/m0/s1. The van der Waals surface area contributed by atoms with Gasteiger partial charge in [0, 0.05) is 0 Å². The molecule has 0 unspecified atom stereocenters. The molecule has 0 spiro atoms. The van der Waals surface area contributed by atoms with E-state index < -0.39 is 29.8 Å². The molecule has 0 radical (unpaired) electrons. The van der Waals surface area contributed by atoms with Gasteiger partial charge in [0.2, 0.25) is 0 Å². The third kappa shape index (κ3) is 3.00. The molecule has 2 atom stereocenters. The van der Waals surface area contributed by atoms with E-state index in [0.29, 0.717) is 6.42 Å². The first-order valence-corrected chi connectivity index (χ1v) is 5.95. The predicted molar refractivity (Wildman–Crippen MR) is 62.8 cm³/mol. The Morgan fingerprint density at radius 2 is 2.00 bits per heavy atom. The highest BCUT2D eigenvalue weighted by molar-refractivity contribution is 6.04. The number of amides is 2. The van der Waals surface area contributed by atoms with E-state index in [1.165, 1.54) is 0 Å². The second kappa shape index (κ2) is 4.96. The first kappa shape index (κ1) is 14.5. The third-order valence-electron chi connectivity index (χ3n) is 2.68. The highest BCUT2D eigenvalue weighted by Crippen LogP contribution is 2.25. The van der Waals surface area contributed by atoms with Crippen LogP contribution in [-0.2, 0) is 14.3 Å². The van der Waals surface area contributed by atoms with Crippen molar-refractivity contribution < 1.29 is 23.9 Å². The lowest BCUT2D eigenvalue weighted by molar-refractivity contribution is -0.137. The van der Waals surface area contributed by atoms with Crippen molar-refractivity contribution in [2.75, 3.05) is 0 Å². The van der Waals surface area contributed by atoms with Gasteiger partial charge in [0.15, 0.2) is 0 Å². The zero-order chi connectivity index (χ0) is 14.1. The van der Waals surface area contributed by atoms with Crippen molar-refractivity contribution >= 4 is 18.2 Å². The van der Waals surface area contributed by atoms with Crippen LogP contribution in [0.3, 0.4) is 0 Å². The van der Waals surface area contributed by atoms with E-state index in [4.69, 9.17) is 4.74 Å². The van der Waals surface area contributed by atoms with Gasteiger partial charge < -0.3 is 9.47 Å². The number of hydrogen-bond donors (Lipinski definition) is 0. The Hall–Kier alpha value is -1.59. The highest BCUT2D eigenvalue weighted by atomic mass is 16.6. The minimum Gasteiger partial charge on any atom is -0.443 e. The van der Waals surface area contributed by atoms with Crippen LogP contribution in [0.15, 0.2) is 0 Å². The Bertz CT molecular complexity index is 371. The van der Waals surface area contributed by atoms with Gasteiger partial charge in [-0.25, -0.2) is 14.4 Å². The van der Waals surface area contributed by atoms with Crippen LogP contribution in [0.4, 0.5) is 9.59 Å². The maximum atomic E-state index is 11.9. The molecular weight excluding hydrogens is 238 g/mol. The van der Waals surface area contributed by atoms with Crippen molar-refractivity contribution in [2.45, 2.75) is 52.7 Å². The van der Waals surface area contributed by atoms with Crippen molar-refractivity contribution in [3.8, 4) is 0 Å². The molecule has 1 aliphatic heterocycles. The molecule has 1 fully saturated rings. The van der Waals surface area contributed by atoms with Crippen molar-refractivity contribution in [1.29, 1.82) is 0 Å². The second-order valence-electron chi connectivity index (χ2n) is 5.37. The fourth-order valence-electron chi connectivity index (χ4n) is 1.62. The Kier molecular flexibility index (Phi) is 3.98. The van der Waals surface area contributed by atoms with Gasteiger partial charge in [-0.3, -0.25) is 0 Å². The summed E-state index contributed by atoms with van der Waals surface area (Å²) in [6.07, 6.45) is -1.16. The number of carbonyl (C=O) groups is 3. The predicted octanol–water partition coefficient (Wildman–Crippen LogP) is 2.32. The van der Waals surface area contributed by atoms with E-state index in [1.54, 1.807) is 27.7 Å². The third-order valence-corrected chi connectivity index (χ3v) is 2.68. The summed E-state index contributed by atoms with van der Waals surface area (Å²) in [6.45, 7) is 8.71. The van der Waals surface area contributed by atoms with Crippen LogP contribution in [0.5, 0.6) is 0 Å². The van der Waals surface area contributed by atoms with Crippen LogP contribution in [0.2, 0.25) is 0 Å². The molecule has 0 N–H and O–H groups in total. The molecule has 1 heterocycles. The maximum Gasteiger partial charge on any atom is 0.427 e. The van der Waals surface area contributed by atoms with Crippen molar-refractivity contribution in [3.05, 3.63) is 0 Å². The molecule has 0 aromatic carbocycles. The molecule has 2 amide bonds. The number of cyclic esters (lactones) is 2. The van der Waals surface area contributed by atoms with E-state index in [0.717, 1.165) is 4.90 Å². The summed E-state index contributed by atoms with van der Waals surface area (Å²) in [5.41, 5.74) is -0.733. The molecule has 18 heavy (non-hydrogen) atoms. The van der Waals surface area contributed by atoms with Gasteiger partial charge in [-0.1, -0.05) is 20.3 Å². The molecule has 102 valence electrons. The summed E-state index contributed by atoms with van der Waals surface area (Å²) in [5, 5.41) is 0. The zero-order valence-electron chi connectivity index (χ0n) is 11.4. The number of carbonyl (C=O) groups excluding carboxylic acids is 3. The first-order valence-electron chi connectivity index (χ1n) is 5.95. The van der Waals surface area contributed by atoms with Gasteiger partial charge in [0.25, 0.3) is 0 Å². The van der Waals surface area contributed by atoms with Crippen LogP contribution < -0.4 is 0 Å². The summed E-state index contributed by atoms with van der Waals surface area (Å²) in [6, 6.07) is -0.891. The molecule has 0 aliphatic carbocycles. The lowest BCUT2D eigenvalue weighted by atomic mass is 9.99. The number of hydrogen-bond acceptors (Lipinski definition) is 5. The van der Waals surface area contributed by atoms with Gasteiger partial charge in [-0.05, 0) is 26.7 Å². The normalized spacial score (nSPS) is 21.8. The quantitative estimate of drug-likeness (QED) is 0.560. The van der Waals surface area contributed by atoms with E-state index in [2.05, 4.69) is 4.74 Å². The van der Waals surface area contributed by atoms with Gasteiger partial charge in [-0.2, -0.15) is 4.90 Å². The highest BCUT2D eigenvalue weighted by Gasteiger charge is 2.48. The van der Waals surface area contributed by atoms with E-state index in [1.807, 2.05) is 6.92 Å². The Balaban J connectivity index is 2.93. The number of ether oxygens (including phenoxy) is 2. The molecule has 1 rings (SSSR count). The summed E-state index contributed by atoms with van der Waals surface area (Å²) >= 11 is 0. The summed E-state index contributed by atoms with van der Waals surface area (Å²) < 4.78 is 9.59. The fraction of sp³-hybridized carbons (Fsp3) is 0.750. The average Bonchev–Trinajstić information content (AvgIpc) is 2.49. The van der Waals surface area contributed by atoms with Gasteiger partial charge >= 0.3 is 18.2 Å². The molecule has 6 nitrogen and oxygen atoms in total. The van der Waals surface area contributed by atoms with Crippen LogP contribution >= 0.6 is 0 Å². The molecule has 0 saturated carbocycles. The van der Waals surface area contributed by atoms with Gasteiger partial charge in [0.1, 0.15) is 11.6 Å². The Morgan fingerprint density at radius 3 is 2.44 bits per heavy atom. The lowest BCUT2D eigenvalue weighted by Crippen LogP contribution is -2.46. The van der Waals surface area contributed by atoms with Gasteiger partial charge in [-0.15, -0.1) is 0 Å². The number of esters is 1. The molecular formula is C12H19NO5. The SMILES string of the molecule is CC[C@H](C)[C@@H]1C(=O)OC(=O)N1C(=O)OC(C)(C)C. The molecule has 1 aliphatic rings.